The third-order valence-corrected chi connectivity index (χ3v) is 2.51. The van der Waals surface area contributed by atoms with E-state index in [1.165, 1.54) is 12.1 Å². The van der Waals surface area contributed by atoms with E-state index >= 15 is 0 Å². The van der Waals surface area contributed by atoms with Gasteiger partial charge in [-0.05, 0) is 12.1 Å². The molecule has 1 aromatic carbocycles. The molecule has 4 heteroatoms. The molecular weight excluding hydrogens is 224 g/mol. The number of H-pyrrole nitrogens is 1. The van der Waals surface area contributed by atoms with Crippen molar-refractivity contribution in [1.82, 2.24) is 4.98 Å². The van der Waals surface area contributed by atoms with Gasteiger partial charge in [0.15, 0.2) is 0 Å². The summed E-state index contributed by atoms with van der Waals surface area (Å²) >= 11 is 6.01. The molecule has 1 heterocycles. The van der Waals surface area contributed by atoms with E-state index in [4.69, 9.17) is 16.9 Å². The fraction of sp³-hybridized carbons (Fsp3) is 0. The lowest BCUT2D eigenvalue weighted by atomic mass is 10.1. The van der Waals surface area contributed by atoms with E-state index in [2.05, 4.69) is 4.98 Å². The Morgan fingerprint density at radius 1 is 1.19 bits per heavy atom. The van der Waals surface area contributed by atoms with E-state index in [1.807, 2.05) is 6.07 Å². The van der Waals surface area contributed by atoms with Crippen LogP contribution < -0.4 is 5.56 Å². The monoisotopic (exact) mass is 230 g/mol. The van der Waals surface area contributed by atoms with E-state index in [1.54, 1.807) is 24.3 Å². The second-order valence-corrected chi connectivity index (χ2v) is 3.61. The van der Waals surface area contributed by atoms with Gasteiger partial charge < -0.3 is 4.98 Å². The van der Waals surface area contributed by atoms with Gasteiger partial charge in [-0.3, -0.25) is 4.79 Å². The van der Waals surface area contributed by atoms with Crippen LogP contribution in [0.3, 0.4) is 0 Å². The Kier molecular flexibility index (Phi) is 2.76. The standard InChI is InChI=1S/C12H7ClN2O/c13-10-4-2-1-3-9(10)12-8(7-14)5-6-11(16)15-12/h1-6H,(H,15,16). The van der Waals surface area contributed by atoms with Crippen molar-refractivity contribution in [2.75, 3.05) is 0 Å². The molecule has 0 radical (unpaired) electrons. The van der Waals surface area contributed by atoms with Crippen molar-refractivity contribution >= 4 is 11.6 Å². The van der Waals surface area contributed by atoms with E-state index in [-0.39, 0.29) is 5.56 Å². The molecule has 0 aliphatic rings. The molecule has 2 aromatic rings. The van der Waals surface area contributed by atoms with Gasteiger partial charge in [-0.2, -0.15) is 5.26 Å². The Morgan fingerprint density at radius 3 is 2.62 bits per heavy atom. The predicted molar refractivity (Wildman–Crippen MR) is 62.2 cm³/mol. The summed E-state index contributed by atoms with van der Waals surface area (Å²) in [5, 5.41) is 9.45. The summed E-state index contributed by atoms with van der Waals surface area (Å²) in [6.45, 7) is 0. The van der Waals surface area contributed by atoms with Crippen LogP contribution in [0.15, 0.2) is 41.2 Å². The molecule has 1 aromatic heterocycles. The number of rotatable bonds is 1. The zero-order valence-corrected chi connectivity index (χ0v) is 8.95. The maximum absolute atomic E-state index is 11.2. The number of halogens is 1. The van der Waals surface area contributed by atoms with E-state index < -0.39 is 0 Å². The molecule has 2 rings (SSSR count). The predicted octanol–water partition coefficient (Wildman–Crippen LogP) is 2.57. The quantitative estimate of drug-likeness (QED) is 0.819. The molecule has 1 N–H and O–H groups in total. The summed E-state index contributed by atoms with van der Waals surface area (Å²) in [6, 6.07) is 11.9. The van der Waals surface area contributed by atoms with Crippen LogP contribution in [0.5, 0.6) is 0 Å². The highest BCUT2D eigenvalue weighted by Crippen LogP contribution is 2.27. The summed E-state index contributed by atoms with van der Waals surface area (Å²) in [5.74, 6) is 0. The Balaban J connectivity index is 2.74. The van der Waals surface area contributed by atoms with Crippen LogP contribution in [0.4, 0.5) is 0 Å². The first-order valence-corrected chi connectivity index (χ1v) is 4.98. The van der Waals surface area contributed by atoms with Crippen LogP contribution in [0.25, 0.3) is 11.3 Å². The fourth-order valence-corrected chi connectivity index (χ4v) is 1.67. The summed E-state index contributed by atoms with van der Waals surface area (Å²) in [5.41, 5.74) is 1.25. The number of nitrogens with one attached hydrogen (secondary N) is 1. The van der Waals surface area contributed by atoms with Crippen LogP contribution in [0.1, 0.15) is 5.56 Å². The van der Waals surface area contributed by atoms with Gasteiger partial charge in [0.1, 0.15) is 6.07 Å². The molecule has 78 valence electrons. The molecule has 0 aliphatic carbocycles. The van der Waals surface area contributed by atoms with E-state index in [9.17, 15) is 4.79 Å². The summed E-state index contributed by atoms with van der Waals surface area (Å²) < 4.78 is 0. The lowest BCUT2D eigenvalue weighted by molar-refractivity contribution is 1.23. The number of nitrogens with zero attached hydrogens (tertiary/aromatic N) is 1. The average Bonchev–Trinajstić information content (AvgIpc) is 2.29. The van der Waals surface area contributed by atoms with Crippen molar-refractivity contribution in [2.24, 2.45) is 0 Å². The SMILES string of the molecule is N#Cc1ccc(=O)[nH]c1-c1ccccc1Cl. The summed E-state index contributed by atoms with van der Waals surface area (Å²) in [6.07, 6.45) is 0. The van der Waals surface area contributed by atoms with Gasteiger partial charge in [0.05, 0.1) is 11.3 Å². The summed E-state index contributed by atoms with van der Waals surface area (Å²) in [4.78, 5) is 13.9. The lowest BCUT2D eigenvalue weighted by Crippen LogP contribution is -2.06. The average molecular weight is 231 g/mol. The first kappa shape index (κ1) is 10.5. The molecule has 0 saturated carbocycles. The lowest BCUT2D eigenvalue weighted by Gasteiger charge is -2.05. The van der Waals surface area contributed by atoms with Gasteiger partial charge in [-0.25, -0.2) is 0 Å². The first-order chi connectivity index (χ1) is 7.72. The second-order valence-electron chi connectivity index (χ2n) is 3.20. The number of benzene rings is 1. The second kappa shape index (κ2) is 4.21. The topological polar surface area (TPSA) is 56.6 Å². The molecule has 0 spiro atoms. The van der Waals surface area contributed by atoms with Crippen LogP contribution in [-0.4, -0.2) is 4.98 Å². The maximum atomic E-state index is 11.2. The fourth-order valence-electron chi connectivity index (χ4n) is 1.44. The van der Waals surface area contributed by atoms with Crippen LogP contribution in [-0.2, 0) is 0 Å². The van der Waals surface area contributed by atoms with Gasteiger partial charge >= 0.3 is 0 Å². The largest absolute Gasteiger partial charge is 0.321 e. The van der Waals surface area contributed by atoms with E-state index in [0.29, 0.717) is 21.8 Å². The zero-order valence-electron chi connectivity index (χ0n) is 8.20. The van der Waals surface area contributed by atoms with Crippen LogP contribution in [0.2, 0.25) is 5.02 Å². The Morgan fingerprint density at radius 2 is 1.94 bits per heavy atom. The number of nitriles is 1. The number of hydrogen-bond acceptors (Lipinski definition) is 2. The minimum atomic E-state index is -0.256. The van der Waals surface area contributed by atoms with Gasteiger partial charge in [0, 0.05) is 16.7 Å². The third-order valence-electron chi connectivity index (χ3n) is 2.18. The number of aromatic nitrogens is 1. The zero-order chi connectivity index (χ0) is 11.5. The number of hydrogen-bond donors (Lipinski definition) is 1. The molecule has 0 saturated heterocycles. The third kappa shape index (κ3) is 1.83. The molecular formula is C12H7ClN2O. The molecule has 0 fully saturated rings. The van der Waals surface area contributed by atoms with E-state index in [0.717, 1.165) is 0 Å². The Labute approximate surface area is 96.9 Å². The highest BCUT2D eigenvalue weighted by molar-refractivity contribution is 6.33. The van der Waals surface area contributed by atoms with Crippen molar-refractivity contribution in [3.63, 3.8) is 0 Å². The molecule has 0 aliphatic heterocycles. The first-order valence-electron chi connectivity index (χ1n) is 4.60. The van der Waals surface area contributed by atoms with Gasteiger partial charge in [-0.15, -0.1) is 0 Å². The van der Waals surface area contributed by atoms with Crippen molar-refractivity contribution in [3.05, 3.63) is 57.3 Å². The minimum Gasteiger partial charge on any atom is -0.321 e. The van der Waals surface area contributed by atoms with Crippen molar-refractivity contribution < 1.29 is 0 Å². The number of aromatic amines is 1. The van der Waals surface area contributed by atoms with Gasteiger partial charge in [-0.1, -0.05) is 29.8 Å². The number of pyridine rings is 1. The van der Waals surface area contributed by atoms with Gasteiger partial charge in [0.2, 0.25) is 5.56 Å². The van der Waals surface area contributed by atoms with Crippen molar-refractivity contribution in [3.8, 4) is 17.3 Å². The highest BCUT2D eigenvalue weighted by atomic mass is 35.5. The molecule has 0 unspecified atom stereocenters. The van der Waals surface area contributed by atoms with Gasteiger partial charge in [0.25, 0.3) is 0 Å². The Bertz CT molecular complexity index is 625. The smallest absolute Gasteiger partial charge is 0.248 e. The summed E-state index contributed by atoms with van der Waals surface area (Å²) in [7, 11) is 0. The van der Waals surface area contributed by atoms with Crippen molar-refractivity contribution in [2.45, 2.75) is 0 Å². The normalized spacial score (nSPS) is 9.75. The van der Waals surface area contributed by atoms with Crippen LogP contribution >= 0.6 is 11.6 Å². The Hall–Kier alpha value is -2.05. The van der Waals surface area contributed by atoms with Crippen molar-refractivity contribution in [1.29, 1.82) is 5.26 Å². The molecule has 16 heavy (non-hydrogen) atoms. The van der Waals surface area contributed by atoms with Crippen LogP contribution in [0, 0.1) is 11.3 Å². The minimum absolute atomic E-state index is 0.256. The molecule has 0 bridgehead atoms. The molecule has 0 atom stereocenters. The molecule has 0 amide bonds. The molecule has 3 nitrogen and oxygen atoms in total. The maximum Gasteiger partial charge on any atom is 0.248 e. The highest BCUT2D eigenvalue weighted by Gasteiger charge is 2.08.